The maximum absolute atomic E-state index is 12.9. The molecule has 0 spiro atoms. The molecule has 0 aliphatic carbocycles. The monoisotopic (exact) mass is 545 g/mol. The molecule has 0 radical (unpaired) electrons. The molecule has 4 N–H and O–H groups in total. The molecule has 4 rings (SSSR count). The number of aromatic nitrogens is 3. The Labute approximate surface area is 217 Å². The Hall–Kier alpha value is -3.69. The molecule has 1 saturated heterocycles. The number of anilines is 1. The van der Waals surface area contributed by atoms with Gasteiger partial charge in [-0.1, -0.05) is 35.6 Å². The third-order valence-corrected chi connectivity index (χ3v) is 7.68. The molecule has 0 saturated carbocycles. The van der Waals surface area contributed by atoms with Crippen molar-refractivity contribution in [3.05, 3.63) is 64.6 Å². The maximum atomic E-state index is 12.9. The number of β-lactam (4-membered cyclic amide) rings is 1. The Morgan fingerprint density at radius 3 is 2.94 bits per heavy atom. The van der Waals surface area contributed by atoms with Crippen molar-refractivity contribution in [1.82, 2.24) is 24.6 Å². The number of carboxylic acid groups (broad SMARTS) is 1. The highest BCUT2D eigenvalue weighted by Crippen LogP contribution is 2.43. The predicted octanol–water partition coefficient (Wildman–Crippen LogP) is 1.52. The smallest absolute Gasteiger partial charge is 0.353 e. The second-order valence-corrected chi connectivity index (χ2v) is 9.98. The highest BCUT2D eigenvalue weighted by atomic mass is 32.2. The Kier molecular flexibility index (Phi) is 8.02. The molecule has 1 unspecified atom stereocenters. The number of fused-ring (bicyclic) bond motifs is 1. The van der Waals surface area contributed by atoms with Crippen molar-refractivity contribution in [3.63, 3.8) is 0 Å². The molecule has 12 nitrogen and oxygen atoms in total. The number of carbonyl (C=O) groups is 3. The van der Waals surface area contributed by atoms with E-state index in [1.807, 2.05) is 12.1 Å². The van der Waals surface area contributed by atoms with Crippen LogP contribution in [0.1, 0.15) is 11.5 Å². The van der Waals surface area contributed by atoms with E-state index in [2.05, 4.69) is 31.4 Å². The summed E-state index contributed by atoms with van der Waals surface area (Å²) in [7, 11) is 0. The number of amides is 2. The van der Waals surface area contributed by atoms with Crippen LogP contribution in [0.2, 0.25) is 0 Å². The lowest BCUT2D eigenvalue weighted by molar-refractivity contribution is -0.150. The van der Waals surface area contributed by atoms with Crippen LogP contribution in [-0.4, -0.2) is 71.6 Å². The molecule has 2 amide bonds. The van der Waals surface area contributed by atoms with Crippen molar-refractivity contribution < 1.29 is 24.3 Å². The lowest BCUT2D eigenvalue weighted by Gasteiger charge is -2.49. The van der Waals surface area contributed by atoms with Crippen molar-refractivity contribution in [3.8, 4) is 0 Å². The summed E-state index contributed by atoms with van der Waals surface area (Å²) in [5.74, 6) is -2.25. The normalized spacial score (nSPS) is 19.6. The summed E-state index contributed by atoms with van der Waals surface area (Å²) < 4.78 is 3.97. The van der Waals surface area contributed by atoms with E-state index in [0.717, 1.165) is 17.2 Å². The first kappa shape index (κ1) is 25.4. The number of carboxylic acids is 1. The van der Waals surface area contributed by atoms with Gasteiger partial charge in [0.05, 0.1) is 5.69 Å². The number of hydrogen-bond donors (Lipinski definition) is 3. The van der Waals surface area contributed by atoms with Crippen molar-refractivity contribution in [1.29, 1.82) is 0 Å². The highest BCUT2D eigenvalue weighted by molar-refractivity contribution is 8.08. The van der Waals surface area contributed by atoms with Crippen molar-refractivity contribution >= 4 is 69.8 Å². The van der Waals surface area contributed by atoms with E-state index in [4.69, 9.17) is 10.6 Å². The number of rotatable bonds is 10. The lowest BCUT2D eigenvalue weighted by Crippen LogP contribution is -2.71. The second kappa shape index (κ2) is 11.4. The van der Waals surface area contributed by atoms with Crippen LogP contribution in [0.15, 0.2) is 58.2 Å². The van der Waals surface area contributed by atoms with Gasteiger partial charge in [0.1, 0.15) is 23.7 Å². The molecule has 2 aliphatic rings. The van der Waals surface area contributed by atoms with Gasteiger partial charge in [-0.2, -0.15) is 9.36 Å². The van der Waals surface area contributed by atoms with Crippen LogP contribution >= 0.6 is 35.1 Å². The Balaban J connectivity index is 1.49. The lowest BCUT2D eigenvalue weighted by atomic mass is 10.0. The highest BCUT2D eigenvalue weighted by Gasteiger charge is 2.54. The topological polar surface area (TPSA) is 173 Å². The molecule has 0 aromatic carbocycles. The Morgan fingerprint density at radius 2 is 2.28 bits per heavy atom. The summed E-state index contributed by atoms with van der Waals surface area (Å²) in [6.07, 6.45) is 4.85. The van der Waals surface area contributed by atoms with E-state index < -0.39 is 29.2 Å². The van der Waals surface area contributed by atoms with Crippen molar-refractivity contribution in [2.24, 2.45) is 5.16 Å². The first-order valence-corrected chi connectivity index (χ1v) is 13.0. The summed E-state index contributed by atoms with van der Waals surface area (Å²) in [5, 5.41) is 17.4. The maximum Gasteiger partial charge on any atom is 0.353 e. The quantitative estimate of drug-likeness (QED) is 0.130. The second-order valence-electron chi connectivity index (χ2n) is 7.09. The minimum atomic E-state index is -1.23. The van der Waals surface area contributed by atoms with E-state index in [1.165, 1.54) is 34.5 Å². The summed E-state index contributed by atoms with van der Waals surface area (Å²) >= 11 is 3.42. The third kappa shape index (κ3) is 5.42. The zero-order chi connectivity index (χ0) is 25.7. The minimum Gasteiger partial charge on any atom is -0.477 e. The number of nitrogens with one attached hydrogen (secondary N) is 1. The average molecular weight is 546 g/mol. The number of pyridine rings is 1. The van der Waals surface area contributed by atoms with Gasteiger partial charge in [0.25, 0.3) is 11.8 Å². The first-order chi connectivity index (χ1) is 17.4. The molecular weight excluding hydrogens is 526 g/mol. The number of hydrogen-bond acceptors (Lipinski definition) is 12. The molecule has 0 bridgehead atoms. The van der Waals surface area contributed by atoms with Crippen LogP contribution in [0, 0.1) is 0 Å². The third-order valence-electron chi connectivity index (χ3n) is 4.78. The standard InChI is InChI=1S/C21H19N7O5S3/c1-2-8-33-26-13(16-25-21(22)36-27-16)17(29)24-14-18(30)28-15(20(31)32)12(10-35-19(14)28)34-9-6-11-5-3-4-7-23-11/h2-7,9,14,19H,1,8,10H2,(H,24,29)(H,31,32)(H2,22,25,27)/b9-6-,26-13?/t14?,19-/m0/s1. The van der Waals surface area contributed by atoms with Gasteiger partial charge in [-0.25, -0.2) is 4.79 Å². The Bertz CT molecular complexity index is 1280. The van der Waals surface area contributed by atoms with Crippen LogP contribution in [0.5, 0.6) is 0 Å². The predicted molar refractivity (Wildman–Crippen MR) is 138 cm³/mol. The van der Waals surface area contributed by atoms with E-state index in [1.54, 1.807) is 23.7 Å². The van der Waals surface area contributed by atoms with Gasteiger partial charge in [0.15, 0.2) is 5.13 Å². The number of nitrogen functional groups attached to an aromatic ring is 1. The van der Waals surface area contributed by atoms with Crippen LogP contribution in [0.4, 0.5) is 5.13 Å². The molecular formula is C21H19N7O5S3. The number of nitrogens with two attached hydrogens (primary N) is 1. The van der Waals surface area contributed by atoms with Crippen LogP contribution in [0.3, 0.4) is 0 Å². The molecule has 2 aromatic heterocycles. The van der Waals surface area contributed by atoms with Gasteiger partial charge < -0.3 is 21.0 Å². The van der Waals surface area contributed by atoms with Gasteiger partial charge in [-0.05, 0) is 23.6 Å². The van der Waals surface area contributed by atoms with Gasteiger partial charge in [0, 0.05) is 28.4 Å². The van der Waals surface area contributed by atoms with Crippen LogP contribution in [-0.2, 0) is 19.2 Å². The zero-order valence-corrected chi connectivity index (χ0v) is 20.9. The van der Waals surface area contributed by atoms with Crippen molar-refractivity contribution in [2.45, 2.75) is 11.4 Å². The fourth-order valence-electron chi connectivity index (χ4n) is 3.22. The Morgan fingerprint density at radius 1 is 1.44 bits per heavy atom. The molecule has 15 heteroatoms. The summed E-state index contributed by atoms with van der Waals surface area (Å²) in [4.78, 5) is 52.8. The minimum absolute atomic E-state index is 0.0347. The zero-order valence-electron chi connectivity index (χ0n) is 18.4. The van der Waals surface area contributed by atoms with E-state index in [-0.39, 0.29) is 29.0 Å². The average Bonchev–Trinajstić information content (AvgIpc) is 3.30. The summed E-state index contributed by atoms with van der Waals surface area (Å²) in [6, 6.07) is 4.49. The van der Waals surface area contributed by atoms with Crippen LogP contribution in [0.25, 0.3) is 6.08 Å². The molecule has 2 aromatic rings. The molecule has 1 fully saturated rings. The van der Waals surface area contributed by atoms with Crippen molar-refractivity contribution in [2.75, 3.05) is 18.1 Å². The summed E-state index contributed by atoms with van der Waals surface area (Å²) in [6.45, 7) is 3.54. The van der Waals surface area contributed by atoms with Gasteiger partial charge in [0.2, 0.25) is 11.5 Å². The number of oxime groups is 1. The van der Waals surface area contributed by atoms with E-state index >= 15 is 0 Å². The number of thioether (sulfide) groups is 2. The SMILES string of the molecule is C=CCON=C(C(=O)NC1C(=O)N2C(C(=O)O)=C(S/C=C\c3ccccn3)CS[C@@H]12)c1nsc(N)n1. The molecule has 2 aliphatic heterocycles. The molecule has 36 heavy (non-hydrogen) atoms. The number of carbonyl (C=O) groups excluding carboxylic acids is 2. The van der Waals surface area contributed by atoms with Gasteiger partial charge in [-0.3, -0.25) is 19.5 Å². The van der Waals surface area contributed by atoms with Gasteiger partial charge in [-0.15, -0.1) is 11.8 Å². The fourth-order valence-corrected chi connectivity index (χ4v) is 6.00. The van der Waals surface area contributed by atoms with E-state index in [9.17, 15) is 19.5 Å². The molecule has 186 valence electrons. The summed E-state index contributed by atoms with van der Waals surface area (Å²) in [5.41, 5.74) is 5.96. The first-order valence-electron chi connectivity index (χ1n) is 10.3. The largest absolute Gasteiger partial charge is 0.477 e. The van der Waals surface area contributed by atoms with Crippen LogP contribution < -0.4 is 11.1 Å². The number of nitrogens with zero attached hydrogens (tertiary/aromatic N) is 5. The number of aliphatic carboxylic acids is 1. The van der Waals surface area contributed by atoms with E-state index in [0.29, 0.717) is 10.7 Å². The van der Waals surface area contributed by atoms with Gasteiger partial charge >= 0.3 is 5.97 Å². The molecule has 2 atom stereocenters. The fraction of sp³-hybridized carbons (Fsp3) is 0.190. The molecule has 4 heterocycles.